The van der Waals surface area contributed by atoms with E-state index in [0.717, 1.165) is 25.9 Å². The van der Waals surface area contributed by atoms with Crippen LogP contribution in [0.5, 0.6) is 0 Å². The van der Waals surface area contributed by atoms with Gasteiger partial charge >= 0.3 is 6.03 Å². The van der Waals surface area contributed by atoms with Crippen LogP contribution in [0.3, 0.4) is 0 Å². The molecule has 9 heteroatoms. The summed E-state index contributed by atoms with van der Waals surface area (Å²) in [6.45, 7) is 6.67. The Hall–Kier alpha value is -2.94. The molecule has 1 unspecified atom stereocenters. The Balaban J connectivity index is 1.44. The number of carbonyl (C=O) groups is 2. The number of halogens is 1. The van der Waals surface area contributed by atoms with Crippen LogP contribution < -0.4 is 11.1 Å². The minimum Gasteiger partial charge on any atom is -0.400 e. The van der Waals surface area contributed by atoms with Crippen molar-refractivity contribution in [1.29, 1.82) is 5.41 Å². The fourth-order valence-corrected chi connectivity index (χ4v) is 4.80. The number of nitrogens with one attached hydrogen (secondary N) is 2. The molecule has 3 aliphatic rings. The average molecular weight is 429 g/mol. The highest BCUT2D eigenvalue weighted by molar-refractivity contribution is 6.12. The summed E-state index contributed by atoms with van der Waals surface area (Å²) in [6.07, 6.45) is 2.27. The van der Waals surface area contributed by atoms with Crippen LogP contribution in [0.2, 0.25) is 0 Å². The van der Waals surface area contributed by atoms with Crippen LogP contribution in [0.15, 0.2) is 35.5 Å². The zero-order chi connectivity index (χ0) is 22.3. The summed E-state index contributed by atoms with van der Waals surface area (Å²) >= 11 is 0. The van der Waals surface area contributed by atoms with Crippen LogP contribution in [0, 0.1) is 11.2 Å². The molecule has 0 spiro atoms. The minimum atomic E-state index is -0.716. The normalized spacial score (nSPS) is 26.2. The van der Waals surface area contributed by atoms with E-state index in [2.05, 4.69) is 17.1 Å². The number of nitrogens with zero attached hydrogens (tertiary/aromatic N) is 3. The second-order valence-corrected chi connectivity index (χ2v) is 8.62. The van der Waals surface area contributed by atoms with Crippen LogP contribution in [-0.2, 0) is 0 Å². The molecular formula is C22H29FN6O2. The number of amides is 3. The van der Waals surface area contributed by atoms with E-state index >= 15 is 0 Å². The number of piperazine rings is 1. The number of nitrogens with two attached hydrogens (primary N) is 1. The summed E-state index contributed by atoms with van der Waals surface area (Å²) in [5.74, 6) is -1.58. The molecule has 0 aliphatic carbocycles. The van der Waals surface area contributed by atoms with Gasteiger partial charge in [-0.3, -0.25) is 15.1 Å². The Labute approximate surface area is 181 Å². The summed E-state index contributed by atoms with van der Waals surface area (Å²) in [7, 11) is 0. The fraction of sp³-hybridized carbons (Fsp3) is 0.500. The number of rotatable bonds is 2. The summed E-state index contributed by atoms with van der Waals surface area (Å²) in [6, 6.07) is 5.60. The van der Waals surface area contributed by atoms with Gasteiger partial charge in [0.2, 0.25) is 0 Å². The van der Waals surface area contributed by atoms with Crippen molar-refractivity contribution in [2.45, 2.75) is 44.8 Å². The summed E-state index contributed by atoms with van der Waals surface area (Å²) in [4.78, 5) is 31.7. The predicted octanol–water partition coefficient (Wildman–Crippen LogP) is 1.74. The number of carbonyl (C=O) groups excluding carboxylic acids is 2. The number of amidine groups is 1. The third kappa shape index (κ3) is 3.89. The zero-order valence-electron chi connectivity index (χ0n) is 17.9. The van der Waals surface area contributed by atoms with Gasteiger partial charge in [0, 0.05) is 36.4 Å². The highest BCUT2D eigenvalue weighted by atomic mass is 19.1. The first kappa shape index (κ1) is 21.3. The van der Waals surface area contributed by atoms with Gasteiger partial charge in [-0.2, -0.15) is 0 Å². The first-order valence-corrected chi connectivity index (χ1v) is 10.7. The lowest BCUT2D eigenvalue weighted by Gasteiger charge is -2.44. The van der Waals surface area contributed by atoms with Gasteiger partial charge in [-0.05, 0) is 45.4 Å². The zero-order valence-corrected chi connectivity index (χ0v) is 17.9. The summed E-state index contributed by atoms with van der Waals surface area (Å²) < 4.78 is 13.9. The van der Waals surface area contributed by atoms with E-state index in [9.17, 15) is 14.0 Å². The third-order valence-corrected chi connectivity index (χ3v) is 6.68. The molecule has 2 fully saturated rings. The second kappa shape index (κ2) is 8.30. The molecule has 0 bridgehead atoms. The number of urea groups is 1. The smallest absolute Gasteiger partial charge is 0.321 e. The number of fused-ring (bicyclic) bond motifs is 1. The molecular weight excluding hydrogens is 399 g/mol. The Morgan fingerprint density at radius 2 is 1.94 bits per heavy atom. The van der Waals surface area contributed by atoms with E-state index in [1.807, 2.05) is 11.8 Å². The van der Waals surface area contributed by atoms with Gasteiger partial charge in [0.05, 0.1) is 18.2 Å². The molecule has 3 aliphatic heterocycles. The van der Waals surface area contributed by atoms with Crippen LogP contribution in [0.1, 0.15) is 37.0 Å². The SMILES string of the molecule is CC1C(N)=C(C(=N)NC(=O)c2ccccc2F)CN1C(=O)N1C[C@@H]2CCCN2C[C@@H]1C. The van der Waals surface area contributed by atoms with Crippen LogP contribution in [0.4, 0.5) is 9.18 Å². The standard InChI is InChI=1S/C22H29FN6O2/c1-13-10-27-9-5-6-15(27)11-28(13)22(31)29-12-17(19(24)14(29)2)20(25)26-21(30)16-7-3-4-8-18(16)23/h3-4,7-8,13-15H,5-6,9-12,24H2,1-2H3,(H2,25,26,30)/t13-,14?,15-/m0/s1. The lowest BCUT2D eigenvalue weighted by Crippen LogP contribution is -2.60. The van der Waals surface area contributed by atoms with E-state index in [-0.39, 0.29) is 36.1 Å². The maximum atomic E-state index is 13.9. The third-order valence-electron chi connectivity index (χ3n) is 6.68. The molecule has 3 heterocycles. The van der Waals surface area contributed by atoms with E-state index in [1.165, 1.54) is 18.2 Å². The predicted molar refractivity (Wildman–Crippen MR) is 115 cm³/mol. The molecule has 4 N–H and O–H groups in total. The van der Waals surface area contributed by atoms with E-state index in [4.69, 9.17) is 11.1 Å². The summed E-state index contributed by atoms with van der Waals surface area (Å²) in [5, 5.41) is 10.7. The molecule has 4 rings (SSSR count). The monoisotopic (exact) mass is 428 g/mol. The minimum absolute atomic E-state index is 0.0968. The molecule has 31 heavy (non-hydrogen) atoms. The molecule has 8 nitrogen and oxygen atoms in total. The van der Waals surface area contributed by atoms with Crippen molar-refractivity contribution in [3.8, 4) is 0 Å². The van der Waals surface area contributed by atoms with Crippen molar-refractivity contribution >= 4 is 17.8 Å². The Morgan fingerprint density at radius 1 is 1.19 bits per heavy atom. The topological polar surface area (TPSA) is 106 Å². The van der Waals surface area contributed by atoms with Crippen LogP contribution >= 0.6 is 0 Å². The lowest BCUT2D eigenvalue weighted by molar-refractivity contribution is 0.0628. The molecule has 166 valence electrons. The van der Waals surface area contributed by atoms with Crippen molar-refractivity contribution in [2.75, 3.05) is 26.2 Å². The quantitative estimate of drug-likeness (QED) is 0.493. The van der Waals surface area contributed by atoms with E-state index < -0.39 is 11.7 Å². The maximum absolute atomic E-state index is 13.9. The van der Waals surface area contributed by atoms with Crippen LogP contribution in [-0.4, -0.2) is 76.8 Å². The molecule has 3 atom stereocenters. The average Bonchev–Trinajstić information content (AvgIpc) is 3.31. The van der Waals surface area contributed by atoms with Gasteiger partial charge in [0.25, 0.3) is 5.91 Å². The summed E-state index contributed by atoms with van der Waals surface area (Å²) in [5.41, 5.74) is 6.85. The maximum Gasteiger partial charge on any atom is 0.321 e. The second-order valence-electron chi connectivity index (χ2n) is 8.62. The van der Waals surface area contributed by atoms with Crippen molar-refractivity contribution in [1.82, 2.24) is 20.0 Å². The van der Waals surface area contributed by atoms with Crippen molar-refractivity contribution < 1.29 is 14.0 Å². The van der Waals surface area contributed by atoms with Gasteiger partial charge < -0.3 is 20.9 Å². The number of hydrogen-bond acceptors (Lipinski definition) is 5. The van der Waals surface area contributed by atoms with Gasteiger partial charge in [0.15, 0.2) is 0 Å². The highest BCUT2D eigenvalue weighted by Crippen LogP contribution is 2.28. The first-order valence-electron chi connectivity index (χ1n) is 10.7. The Morgan fingerprint density at radius 3 is 2.68 bits per heavy atom. The van der Waals surface area contributed by atoms with Crippen molar-refractivity contribution in [3.63, 3.8) is 0 Å². The van der Waals surface area contributed by atoms with Gasteiger partial charge in [-0.1, -0.05) is 12.1 Å². The molecule has 0 radical (unpaired) electrons. The fourth-order valence-electron chi connectivity index (χ4n) is 4.80. The van der Waals surface area contributed by atoms with E-state index in [1.54, 1.807) is 11.0 Å². The number of benzene rings is 1. The molecule has 2 saturated heterocycles. The lowest BCUT2D eigenvalue weighted by atomic mass is 10.1. The van der Waals surface area contributed by atoms with Gasteiger partial charge in [-0.15, -0.1) is 0 Å². The van der Waals surface area contributed by atoms with E-state index in [0.29, 0.717) is 23.9 Å². The molecule has 1 aromatic carbocycles. The van der Waals surface area contributed by atoms with Gasteiger partial charge in [0.1, 0.15) is 11.7 Å². The molecule has 0 saturated carbocycles. The van der Waals surface area contributed by atoms with Crippen molar-refractivity contribution in [2.24, 2.45) is 5.73 Å². The molecule has 3 amide bonds. The number of hydrogen-bond donors (Lipinski definition) is 3. The Bertz CT molecular complexity index is 948. The first-order chi connectivity index (χ1) is 14.8. The molecule has 1 aromatic rings. The van der Waals surface area contributed by atoms with Gasteiger partial charge in [-0.25, -0.2) is 9.18 Å². The Kier molecular flexibility index (Phi) is 5.70. The highest BCUT2D eigenvalue weighted by Gasteiger charge is 2.41. The van der Waals surface area contributed by atoms with Crippen LogP contribution in [0.25, 0.3) is 0 Å². The molecule has 0 aromatic heterocycles. The largest absolute Gasteiger partial charge is 0.400 e. The van der Waals surface area contributed by atoms with Crippen molar-refractivity contribution in [3.05, 3.63) is 46.9 Å².